The molecular formula is C17H19ClN4S2. The maximum atomic E-state index is 6.11. The van der Waals surface area contributed by atoms with Crippen LogP contribution in [0.5, 0.6) is 0 Å². The Labute approximate surface area is 158 Å². The molecule has 0 heterocycles. The molecule has 0 unspecified atom stereocenters. The molecule has 0 aromatic heterocycles. The van der Waals surface area contributed by atoms with Crippen LogP contribution in [-0.2, 0) is 6.54 Å². The fourth-order valence-corrected chi connectivity index (χ4v) is 2.48. The summed E-state index contributed by atoms with van der Waals surface area (Å²) < 4.78 is 0. The summed E-state index contributed by atoms with van der Waals surface area (Å²) in [6.07, 6.45) is 0. The fraction of sp³-hybridized carbons (Fsp3) is 0.176. The van der Waals surface area contributed by atoms with Gasteiger partial charge >= 0.3 is 0 Å². The molecule has 0 aliphatic heterocycles. The summed E-state index contributed by atoms with van der Waals surface area (Å²) in [7, 11) is 1.80. The molecule has 0 aliphatic rings. The molecule has 2 rings (SSSR count). The summed E-state index contributed by atoms with van der Waals surface area (Å²) in [5, 5.41) is 9.57. The lowest BCUT2D eigenvalue weighted by Gasteiger charge is -2.23. The van der Waals surface area contributed by atoms with Crippen molar-refractivity contribution in [3.05, 3.63) is 64.7 Å². The molecule has 0 spiro atoms. The van der Waals surface area contributed by atoms with Crippen LogP contribution in [0.2, 0.25) is 5.02 Å². The molecule has 0 saturated heterocycles. The Morgan fingerprint density at radius 1 is 1.12 bits per heavy atom. The van der Waals surface area contributed by atoms with Crippen molar-refractivity contribution in [3.63, 3.8) is 0 Å². The van der Waals surface area contributed by atoms with E-state index in [0.29, 0.717) is 21.8 Å². The lowest BCUT2D eigenvalue weighted by atomic mass is 10.2. The van der Waals surface area contributed by atoms with Crippen LogP contribution in [0.4, 0.5) is 5.69 Å². The predicted molar refractivity (Wildman–Crippen MR) is 109 cm³/mol. The van der Waals surface area contributed by atoms with Crippen LogP contribution >= 0.6 is 36.0 Å². The van der Waals surface area contributed by atoms with E-state index in [1.807, 2.05) is 55.5 Å². The van der Waals surface area contributed by atoms with Gasteiger partial charge in [-0.05, 0) is 54.6 Å². The van der Waals surface area contributed by atoms with Crippen LogP contribution in [0.1, 0.15) is 11.1 Å². The van der Waals surface area contributed by atoms with E-state index in [4.69, 9.17) is 36.0 Å². The van der Waals surface area contributed by atoms with E-state index in [9.17, 15) is 0 Å². The van der Waals surface area contributed by atoms with Crippen LogP contribution in [0.3, 0.4) is 0 Å². The third-order valence-corrected chi connectivity index (χ3v) is 4.31. The van der Waals surface area contributed by atoms with Gasteiger partial charge in [-0.3, -0.25) is 10.4 Å². The SMILES string of the molecule is Cc1ccc(NC(=S)NN(C)C(=S)NCc2ccccc2)cc1Cl. The Balaban J connectivity index is 1.81. The topological polar surface area (TPSA) is 39.3 Å². The molecule has 7 heteroatoms. The van der Waals surface area contributed by atoms with Gasteiger partial charge in [-0.15, -0.1) is 0 Å². The van der Waals surface area contributed by atoms with Crippen LogP contribution in [0, 0.1) is 6.92 Å². The number of aryl methyl sites for hydroxylation is 1. The minimum Gasteiger partial charge on any atom is -0.357 e. The molecular weight excluding hydrogens is 360 g/mol. The molecule has 4 nitrogen and oxygen atoms in total. The number of benzene rings is 2. The van der Waals surface area contributed by atoms with Gasteiger partial charge in [0.2, 0.25) is 0 Å². The smallest absolute Gasteiger partial charge is 0.189 e. The molecule has 0 bridgehead atoms. The van der Waals surface area contributed by atoms with Gasteiger partial charge in [-0.25, -0.2) is 0 Å². The van der Waals surface area contributed by atoms with Gasteiger partial charge < -0.3 is 10.6 Å². The first-order chi connectivity index (χ1) is 11.5. The van der Waals surface area contributed by atoms with Gasteiger partial charge in [0.15, 0.2) is 10.2 Å². The van der Waals surface area contributed by atoms with Crippen molar-refractivity contribution < 1.29 is 0 Å². The standard InChI is InChI=1S/C17H19ClN4S2/c1-12-8-9-14(10-15(12)18)20-16(23)21-22(2)17(24)19-11-13-6-4-3-5-7-13/h3-10H,11H2,1-2H3,(H,19,24)(H2,20,21,23). The van der Waals surface area contributed by atoms with Crippen molar-refractivity contribution in [2.24, 2.45) is 0 Å². The third-order valence-electron chi connectivity index (χ3n) is 3.29. The number of rotatable bonds is 3. The van der Waals surface area contributed by atoms with E-state index in [1.165, 1.54) is 0 Å². The quantitative estimate of drug-likeness (QED) is 0.556. The van der Waals surface area contributed by atoms with E-state index in [-0.39, 0.29) is 0 Å². The molecule has 0 saturated carbocycles. The Morgan fingerprint density at radius 2 is 1.83 bits per heavy atom. The number of hydrazine groups is 1. The van der Waals surface area contributed by atoms with Crippen molar-refractivity contribution in [1.29, 1.82) is 0 Å². The van der Waals surface area contributed by atoms with Crippen LogP contribution < -0.4 is 16.1 Å². The molecule has 3 N–H and O–H groups in total. The number of nitrogens with one attached hydrogen (secondary N) is 3. The zero-order valence-corrected chi connectivity index (χ0v) is 15.9. The van der Waals surface area contributed by atoms with Crippen LogP contribution in [0.15, 0.2) is 48.5 Å². The van der Waals surface area contributed by atoms with Crippen LogP contribution in [0.25, 0.3) is 0 Å². The summed E-state index contributed by atoms with van der Waals surface area (Å²) in [4.78, 5) is 0. The highest BCUT2D eigenvalue weighted by molar-refractivity contribution is 7.80. The lowest BCUT2D eigenvalue weighted by Crippen LogP contribution is -2.49. The summed E-state index contributed by atoms with van der Waals surface area (Å²) >= 11 is 16.7. The highest BCUT2D eigenvalue weighted by Gasteiger charge is 2.06. The molecule has 0 amide bonds. The van der Waals surface area contributed by atoms with Crippen molar-refractivity contribution in [2.75, 3.05) is 12.4 Å². The minimum atomic E-state index is 0.432. The van der Waals surface area contributed by atoms with Gasteiger partial charge in [-0.2, -0.15) is 0 Å². The minimum absolute atomic E-state index is 0.432. The molecule has 0 aliphatic carbocycles. The number of hydrogen-bond donors (Lipinski definition) is 3. The summed E-state index contributed by atoms with van der Waals surface area (Å²) in [5.41, 5.74) is 6.00. The number of halogens is 1. The molecule has 0 radical (unpaired) electrons. The molecule has 126 valence electrons. The van der Waals surface area contributed by atoms with Crippen molar-refractivity contribution >= 4 is 51.9 Å². The number of thiocarbonyl (C=S) groups is 2. The van der Waals surface area contributed by atoms with E-state index < -0.39 is 0 Å². The van der Waals surface area contributed by atoms with Gasteiger partial charge in [0.1, 0.15) is 0 Å². The van der Waals surface area contributed by atoms with Gasteiger partial charge in [0.25, 0.3) is 0 Å². The first-order valence-corrected chi connectivity index (χ1v) is 8.54. The molecule has 2 aromatic carbocycles. The number of anilines is 1. The number of hydrogen-bond acceptors (Lipinski definition) is 2. The normalized spacial score (nSPS) is 9.96. The average molecular weight is 379 g/mol. The van der Waals surface area contributed by atoms with Gasteiger partial charge in [0, 0.05) is 24.3 Å². The Kier molecular flexibility index (Phi) is 6.78. The Bertz CT molecular complexity index is 722. The second-order valence-corrected chi connectivity index (χ2v) is 6.44. The van der Waals surface area contributed by atoms with Gasteiger partial charge in [0.05, 0.1) is 0 Å². The fourth-order valence-electron chi connectivity index (χ4n) is 1.92. The Hall–Kier alpha value is -1.89. The third kappa shape index (κ3) is 5.63. The van der Waals surface area contributed by atoms with E-state index >= 15 is 0 Å². The maximum absolute atomic E-state index is 6.11. The molecule has 2 aromatic rings. The molecule has 0 fully saturated rings. The second-order valence-electron chi connectivity index (χ2n) is 5.23. The molecule has 24 heavy (non-hydrogen) atoms. The summed E-state index contributed by atoms with van der Waals surface area (Å²) in [6, 6.07) is 15.7. The largest absolute Gasteiger partial charge is 0.357 e. The van der Waals surface area contributed by atoms with Gasteiger partial charge in [-0.1, -0.05) is 48.0 Å². The monoisotopic (exact) mass is 378 g/mol. The van der Waals surface area contributed by atoms with Crippen molar-refractivity contribution in [2.45, 2.75) is 13.5 Å². The maximum Gasteiger partial charge on any atom is 0.189 e. The summed E-state index contributed by atoms with van der Waals surface area (Å²) in [5.74, 6) is 0. The van der Waals surface area contributed by atoms with Crippen LogP contribution in [-0.4, -0.2) is 22.3 Å². The predicted octanol–water partition coefficient (Wildman–Crippen LogP) is 3.86. The second kappa shape index (κ2) is 8.82. The van der Waals surface area contributed by atoms with Crippen molar-refractivity contribution in [1.82, 2.24) is 15.8 Å². The first-order valence-electron chi connectivity index (χ1n) is 7.35. The van der Waals surface area contributed by atoms with Crippen molar-refractivity contribution in [3.8, 4) is 0 Å². The average Bonchev–Trinajstić information content (AvgIpc) is 2.56. The van der Waals surface area contributed by atoms with E-state index in [1.54, 1.807) is 12.1 Å². The zero-order valence-electron chi connectivity index (χ0n) is 13.5. The number of nitrogens with zero attached hydrogens (tertiary/aromatic N) is 1. The zero-order chi connectivity index (χ0) is 17.5. The van der Waals surface area contributed by atoms with E-state index in [0.717, 1.165) is 16.8 Å². The summed E-state index contributed by atoms with van der Waals surface area (Å²) in [6.45, 7) is 2.60. The highest BCUT2D eigenvalue weighted by atomic mass is 35.5. The Morgan fingerprint density at radius 3 is 2.50 bits per heavy atom. The van der Waals surface area contributed by atoms with E-state index in [2.05, 4.69) is 16.1 Å². The lowest BCUT2D eigenvalue weighted by molar-refractivity contribution is 0.450. The first kappa shape index (κ1) is 18.4. The molecule has 0 atom stereocenters. The highest BCUT2D eigenvalue weighted by Crippen LogP contribution is 2.19.